The van der Waals surface area contributed by atoms with Gasteiger partial charge < -0.3 is 14.4 Å². The fraction of sp³-hybridized carbons (Fsp3) is 1.00. The summed E-state index contributed by atoms with van der Waals surface area (Å²) in [6.07, 6.45) is 0.133. The summed E-state index contributed by atoms with van der Waals surface area (Å²) in [6.45, 7) is 2.33. The largest absolute Gasteiger partial charge is 0.382 e. The van der Waals surface area contributed by atoms with Crippen molar-refractivity contribution in [1.29, 1.82) is 0 Å². The fourth-order valence-corrected chi connectivity index (χ4v) is 1.34. The highest BCUT2D eigenvalue weighted by atomic mass is 16.5. The van der Waals surface area contributed by atoms with Gasteiger partial charge in [-0.25, -0.2) is 0 Å². The average Bonchev–Trinajstić information content (AvgIpc) is 1.85. The summed E-state index contributed by atoms with van der Waals surface area (Å²) < 4.78 is 10.4. The van der Waals surface area contributed by atoms with Crippen molar-refractivity contribution in [1.82, 2.24) is 4.90 Å². The van der Waals surface area contributed by atoms with E-state index in [-0.39, 0.29) is 12.1 Å². The number of morpholine rings is 1. The minimum atomic E-state index is -0.158. The number of nitrogens with zero attached hydrogens (tertiary/aromatic N) is 1. The molecular weight excluding hydrogens is 141 g/mol. The maximum atomic E-state index is 5.63. The van der Waals surface area contributed by atoms with E-state index in [1.807, 2.05) is 7.05 Å². The molecule has 11 heavy (non-hydrogen) atoms. The van der Waals surface area contributed by atoms with Gasteiger partial charge in [-0.15, -0.1) is 0 Å². The third kappa shape index (κ3) is 2.81. The predicted molar refractivity (Wildman–Crippen MR) is 43.8 cm³/mol. The van der Waals surface area contributed by atoms with Crippen LogP contribution < -0.4 is 0 Å². The first-order valence-corrected chi connectivity index (χ1v) is 3.81. The van der Waals surface area contributed by atoms with Crippen LogP contribution in [0, 0.1) is 0 Å². The highest BCUT2D eigenvalue weighted by molar-refractivity contribution is 6.11. The van der Waals surface area contributed by atoms with Crippen LogP contribution in [0.1, 0.15) is 0 Å². The second-order valence-electron chi connectivity index (χ2n) is 2.97. The molecule has 0 aromatic heterocycles. The summed E-state index contributed by atoms with van der Waals surface area (Å²) in [5.74, 6) is 0. The summed E-state index contributed by atoms with van der Waals surface area (Å²) >= 11 is 0. The molecule has 1 fully saturated rings. The lowest BCUT2D eigenvalue weighted by molar-refractivity contribution is -0.0717. The molecule has 2 atom stereocenters. The monoisotopic (exact) mass is 155 g/mol. The van der Waals surface area contributed by atoms with Gasteiger partial charge in [-0.05, 0) is 7.05 Å². The van der Waals surface area contributed by atoms with Gasteiger partial charge in [-0.1, -0.05) is 0 Å². The molecule has 0 spiro atoms. The summed E-state index contributed by atoms with van der Waals surface area (Å²) in [7, 11) is 9.33. The molecule has 1 aliphatic rings. The van der Waals surface area contributed by atoms with E-state index in [1.54, 1.807) is 7.11 Å². The lowest BCUT2D eigenvalue weighted by Gasteiger charge is -2.34. The van der Waals surface area contributed by atoms with Crippen LogP contribution in [0.5, 0.6) is 0 Å². The molecule has 1 unspecified atom stereocenters. The second kappa shape index (κ2) is 4.09. The molecule has 0 amide bonds. The summed E-state index contributed by atoms with van der Waals surface area (Å²) in [4.78, 5) is 2.15. The maximum Gasteiger partial charge on any atom is 0.110 e. The Morgan fingerprint density at radius 3 is 2.91 bits per heavy atom. The molecule has 1 aliphatic heterocycles. The minimum absolute atomic E-state index is 0.133. The zero-order valence-electron chi connectivity index (χ0n) is 7.12. The van der Waals surface area contributed by atoms with Crippen LogP contribution in [-0.2, 0) is 9.47 Å². The van der Waals surface area contributed by atoms with Gasteiger partial charge in [-0.2, -0.15) is 0 Å². The van der Waals surface area contributed by atoms with Crippen molar-refractivity contribution in [3.05, 3.63) is 0 Å². The Morgan fingerprint density at radius 1 is 1.64 bits per heavy atom. The van der Waals surface area contributed by atoms with Crippen LogP contribution in [0.25, 0.3) is 0 Å². The molecule has 2 radical (unpaired) electrons. The SMILES string of the molecule is [B]C1CN(C)C[C@@H](COC)O1. The fourth-order valence-electron chi connectivity index (χ4n) is 1.34. The van der Waals surface area contributed by atoms with E-state index in [0.717, 1.165) is 13.1 Å². The molecule has 1 rings (SSSR count). The van der Waals surface area contributed by atoms with Gasteiger partial charge in [0.1, 0.15) is 7.85 Å². The van der Waals surface area contributed by atoms with E-state index in [0.29, 0.717) is 6.61 Å². The van der Waals surface area contributed by atoms with Crippen LogP contribution in [0.2, 0.25) is 0 Å². The minimum Gasteiger partial charge on any atom is -0.382 e. The molecule has 0 aromatic rings. The van der Waals surface area contributed by atoms with Gasteiger partial charge in [0.25, 0.3) is 0 Å². The molecular formula is C7H14BNO2. The number of hydrogen-bond donors (Lipinski definition) is 0. The summed E-state index contributed by atoms with van der Waals surface area (Å²) in [5.41, 5.74) is 0. The number of ether oxygens (including phenoxy) is 2. The van der Waals surface area contributed by atoms with Crippen LogP contribution in [0.15, 0.2) is 0 Å². The molecule has 1 heterocycles. The van der Waals surface area contributed by atoms with E-state index in [1.165, 1.54) is 0 Å². The molecule has 0 bridgehead atoms. The van der Waals surface area contributed by atoms with Crippen LogP contribution in [-0.4, -0.2) is 58.7 Å². The maximum absolute atomic E-state index is 5.63. The Kier molecular flexibility index (Phi) is 3.36. The van der Waals surface area contributed by atoms with Crippen LogP contribution in [0.3, 0.4) is 0 Å². The third-order valence-corrected chi connectivity index (χ3v) is 1.73. The Morgan fingerprint density at radius 2 is 2.36 bits per heavy atom. The highest BCUT2D eigenvalue weighted by Gasteiger charge is 2.21. The van der Waals surface area contributed by atoms with Crippen LogP contribution in [0.4, 0.5) is 0 Å². The second-order valence-corrected chi connectivity index (χ2v) is 2.97. The number of likely N-dealkylation sites (N-methyl/N-ethyl adjacent to an activating group) is 1. The van der Waals surface area contributed by atoms with E-state index >= 15 is 0 Å². The first-order valence-electron chi connectivity index (χ1n) is 3.81. The number of hydrogen-bond acceptors (Lipinski definition) is 3. The Balaban J connectivity index is 2.30. The van der Waals surface area contributed by atoms with E-state index < -0.39 is 0 Å². The van der Waals surface area contributed by atoms with Gasteiger partial charge in [0.05, 0.1) is 12.7 Å². The smallest absolute Gasteiger partial charge is 0.110 e. The first-order chi connectivity index (χ1) is 5.22. The summed E-state index contributed by atoms with van der Waals surface area (Å²) in [6, 6.07) is -0.158. The lowest BCUT2D eigenvalue weighted by Crippen LogP contribution is -2.47. The van der Waals surface area contributed by atoms with Gasteiger partial charge in [0.15, 0.2) is 0 Å². The van der Waals surface area contributed by atoms with E-state index in [4.69, 9.17) is 17.3 Å². The molecule has 0 saturated carbocycles. The van der Waals surface area contributed by atoms with Gasteiger partial charge in [0, 0.05) is 26.2 Å². The Labute approximate surface area is 69.1 Å². The summed E-state index contributed by atoms with van der Waals surface area (Å²) in [5, 5.41) is 0. The lowest BCUT2D eigenvalue weighted by atomic mass is 9.98. The van der Waals surface area contributed by atoms with Crippen molar-refractivity contribution in [2.45, 2.75) is 12.1 Å². The van der Waals surface area contributed by atoms with Crippen molar-refractivity contribution in [2.24, 2.45) is 0 Å². The average molecular weight is 155 g/mol. The molecule has 0 aromatic carbocycles. The normalized spacial score (nSPS) is 34.0. The standard InChI is InChI=1S/C7H14BNO2/c1-9-3-6(5-10-2)11-7(8)4-9/h6-7H,3-5H2,1-2H3/t6-,7?/m0/s1. The third-order valence-electron chi connectivity index (χ3n) is 1.73. The van der Waals surface area contributed by atoms with Crippen molar-refractivity contribution < 1.29 is 9.47 Å². The zero-order valence-corrected chi connectivity index (χ0v) is 7.12. The highest BCUT2D eigenvalue weighted by Crippen LogP contribution is 2.07. The van der Waals surface area contributed by atoms with Crippen LogP contribution >= 0.6 is 0 Å². The van der Waals surface area contributed by atoms with E-state index in [2.05, 4.69) is 4.90 Å². The Bertz CT molecular complexity index is 113. The van der Waals surface area contributed by atoms with Gasteiger partial charge in [-0.3, -0.25) is 0 Å². The first kappa shape index (κ1) is 9.04. The Hall–Kier alpha value is -0.0551. The zero-order chi connectivity index (χ0) is 8.27. The van der Waals surface area contributed by atoms with Gasteiger partial charge >= 0.3 is 0 Å². The molecule has 0 aliphatic carbocycles. The quantitative estimate of drug-likeness (QED) is 0.500. The van der Waals surface area contributed by atoms with E-state index in [9.17, 15) is 0 Å². The number of methoxy groups -OCH3 is 1. The molecule has 1 saturated heterocycles. The van der Waals surface area contributed by atoms with Crippen molar-refractivity contribution >= 4 is 7.85 Å². The predicted octanol–water partition coefficient (Wildman–Crippen LogP) is -0.542. The van der Waals surface area contributed by atoms with Gasteiger partial charge in [0.2, 0.25) is 0 Å². The number of rotatable bonds is 2. The molecule has 4 heteroatoms. The van der Waals surface area contributed by atoms with Crippen molar-refractivity contribution in [3.8, 4) is 0 Å². The molecule has 0 N–H and O–H groups in total. The van der Waals surface area contributed by atoms with Crippen molar-refractivity contribution in [3.63, 3.8) is 0 Å². The molecule has 62 valence electrons. The van der Waals surface area contributed by atoms with Crippen molar-refractivity contribution in [2.75, 3.05) is 33.9 Å². The molecule has 3 nitrogen and oxygen atoms in total. The topological polar surface area (TPSA) is 21.7 Å².